The normalized spacial score (nSPS) is 26.7. The van der Waals surface area contributed by atoms with Gasteiger partial charge in [-0.05, 0) is 25.7 Å². The van der Waals surface area contributed by atoms with Gasteiger partial charge in [0, 0.05) is 19.1 Å². The summed E-state index contributed by atoms with van der Waals surface area (Å²) in [5.74, 6) is 0. The first-order valence-corrected chi connectivity index (χ1v) is 6.87. The molecule has 7 heteroatoms. The summed E-state index contributed by atoms with van der Waals surface area (Å²) in [6.07, 6.45) is 4.72. The van der Waals surface area contributed by atoms with Crippen LogP contribution in [0.25, 0.3) is 0 Å². The van der Waals surface area contributed by atoms with Gasteiger partial charge in [0.2, 0.25) is 10.0 Å². The molecule has 1 heterocycles. The number of sulfonamides is 1. The summed E-state index contributed by atoms with van der Waals surface area (Å²) < 4.78 is 25.6. The average molecular weight is 291 g/mol. The molecule has 4 nitrogen and oxygen atoms in total. The number of nitrogens with two attached hydrogens (primary N) is 1. The summed E-state index contributed by atoms with van der Waals surface area (Å²) in [6.45, 7) is 1.15. The van der Waals surface area contributed by atoms with Gasteiger partial charge in [-0.1, -0.05) is 6.42 Å². The zero-order chi connectivity index (χ0) is 10.2. The van der Waals surface area contributed by atoms with Crippen molar-refractivity contribution in [1.29, 1.82) is 0 Å². The first-order chi connectivity index (χ1) is 6.66. The third-order valence-electron chi connectivity index (χ3n) is 3.12. The maximum atomic E-state index is 12.0. The van der Waals surface area contributed by atoms with Crippen molar-refractivity contribution in [3.63, 3.8) is 0 Å². The van der Waals surface area contributed by atoms with Crippen molar-refractivity contribution in [1.82, 2.24) is 4.31 Å². The lowest BCUT2D eigenvalue weighted by Crippen LogP contribution is -2.48. The third kappa shape index (κ3) is 3.23. The molecule has 1 saturated carbocycles. The molecule has 1 aliphatic heterocycles. The number of halogens is 2. The number of hydrogen-bond donors (Lipinski definition) is 1. The van der Waals surface area contributed by atoms with Crippen molar-refractivity contribution in [2.24, 2.45) is 5.73 Å². The molecule has 16 heavy (non-hydrogen) atoms. The maximum absolute atomic E-state index is 12.0. The quantitative estimate of drug-likeness (QED) is 0.848. The Labute approximate surface area is 110 Å². The fraction of sp³-hybridized carbons (Fsp3) is 1.00. The SMILES string of the molecule is Cl.Cl.NCC1CCCCN1S(=O)(=O)C1CC1. The number of nitrogens with zero attached hydrogens (tertiary/aromatic N) is 1. The Morgan fingerprint density at radius 3 is 2.25 bits per heavy atom. The predicted molar refractivity (Wildman–Crippen MR) is 69.8 cm³/mol. The van der Waals surface area contributed by atoms with E-state index < -0.39 is 10.0 Å². The van der Waals surface area contributed by atoms with Gasteiger partial charge in [0.25, 0.3) is 0 Å². The first-order valence-electron chi connectivity index (χ1n) is 5.37. The summed E-state index contributed by atoms with van der Waals surface area (Å²) in [7, 11) is -3.00. The lowest BCUT2D eigenvalue weighted by molar-refractivity contribution is 0.257. The number of rotatable bonds is 3. The van der Waals surface area contributed by atoms with Gasteiger partial charge in [0.1, 0.15) is 0 Å². The highest BCUT2D eigenvalue weighted by Gasteiger charge is 2.42. The Kier molecular flexibility index (Phi) is 6.58. The molecule has 1 aliphatic carbocycles. The van der Waals surface area contributed by atoms with Crippen LogP contribution in [-0.4, -0.2) is 37.1 Å². The van der Waals surface area contributed by atoms with E-state index in [9.17, 15) is 8.42 Å². The molecule has 0 aromatic carbocycles. The fourth-order valence-electron chi connectivity index (χ4n) is 2.10. The zero-order valence-corrected chi connectivity index (χ0v) is 11.6. The molecule has 0 spiro atoms. The van der Waals surface area contributed by atoms with Crippen LogP contribution in [0.5, 0.6) is 0 Å². The fourth-order valence-corrected chi connectivity index (χ4v) is 4.21. The molecule has 0 radical (unpaired) electrons. The van der Waals surface area contributed by atoms with Crippen LogP contribution in [0.1, 0.15) is 32.1 Å². The minimum Gasteiger partial charge on any atom is -0.329 e. The Morgan fingerprint density at radius 2 is 1.75 bits per heavy atom. The molecule has 1 saturated heterocycles. The molecule has 2 aliphatic rings. The van der Waals surface area contributed by atoms with Gasteiger partial charge in [-0.3, -0.25) is 0 Å². The van der Waals surface area contributed by atoms with Crippen molar-refractivity contribution in [3.05, 3.63) is 0 Å². The standard InChI is InChI=1S/C9H18N2O2S.2ClH/c10-7-8-3-1-2-6-11(8)14(12,13)9-4-5-9;;/h8-9H,1-7,10H2;2*1H. The molecule has 0 aromatic rings. The van der Waals surface area contributed by atoms with Crippen molar-refractivity contribution >= 4 is 34.8 Å². The van der Waals surface area contributed by atoms with Crippen LogP contribution in [0.2, 0.25) is 0 Å². The lowest BCUT2D eigenvalue weighted by atomic mass is 10.1. The molecule has 2 rings (SSSR count). The van der Waals surface area contributed by atoms with Gasteiger partial charge in [-0.25, -0.2) is 8.42 Å². The molecule has 0 amide bonds. The second-order valence-electron chi connectivity index (χ2n) is 4.24. The Hall–Kier alpha value is 0.450. The third-order valence-corrected chi connectivity index (χ3v) is 5.57. The van der Waals surface area contributed by atoms with Gasteiger partial charge in [-0.2, -0.15) is 4.31 Å². The average Bonchev–Trinajstić information content (AvgIpc) is 3.01. The van der Waals surface area contributed by atoms with Crippen molar-refractivity contribution in [2.45, 2.75) is 43.4 Å². The molecule has 0 bridgehead atoms. The monoisotopic (exact) mass is 290 g/mol. The summed E-state index contributed by atoms with van der Waals surface area (Å²) >= 11 is 0. The van der Waals surface area contributed by atoms with Gasteiger partial charge in [0.05, 0.1) is 5.25 Å². The molecule has 1 unspecified atom stereocenters. The molecule has 98 valence electrons. The second kappa shape index (κ2) is 6.40. The molecular formula is C9H20Cl2N2O2S. The highest BCUT2D eigenvalue weighted by Crippen LogP contribution is 2.33. The molecular weight excluding hydrogens is 271 g/mol. The maximum Gasteiger partial charge on any atom is 0.217 e. The predicted octanol–water partition coefficient (Wildman–Crippen LogP) is 1.14. The molecule has 2 N–H and O–H groups in total. The van der Waals surface area contributed by atoms with Gasteiger partial charge < -0.3 is 5.73 Å². The van der Waals surface area contributed by atoms with Crippen LogP contribution in [0, 0.1) is 0 Å². The summed E-state index contributed by atoms with van der Waals surface area (Å²) in [6, 6.07) is 0.0642. The Morgan fingerprint density at radius 1 is 1.12 bits per heavy atom. The highest BCUT2D eigenvalue weighted by atomic mass is 35.5. The van der Waals surface area contributed by atoms with E-state index >= 15 is 0 Å². The largest absolute Gasteiger partial charge is 0.329 e. The first kappa shape index (κ1) is 16.4. The van der Waals surface area contributed by atoms with E-state index in [-0.39, 0.29) is 36.1 Å². The molecule has 0 aromatic heterocycles. The number of hydrogen-bond acceptors (Lipinski definition) is 3. The van der Waals surface area contributed by atoms with Crippen LogP contribution in [0.15, 0.2) is 0 Å². The highest BCUT2D eigenvalue weighted by molar-refractivity contribution is 7.90. The van der Waals surface area contributed by atoms with E-state index in [0.29, 0.717) is 13.1 Å². The molecule has 2 fully saturated rings. The summed E-state index contributed by atoms with van der Waals surface area (Å²) in [4.78, 5) is 0. The van der Waals surface area contributed by atoms with E-state index in [1.165, 1.54) is 0 Å². The van der Waals surface area contributed by atoms with E-state index in [1.54, 1.807) is 4.31 Å². The Bertz CT molecular complexity index is 307. The summed E-state index contributed by atoms with van der Waals surface area (Å²) in [5, 5.41) is -0.0883. The van der Waals surface area contributed by atoms with Gasteiger partial charge in [0.15, 0.2) is 0 Å². The second-order valence-corrected chi connectivity index (χ2v) is 6.41. The topological polar surface area (TPSA) is 63.4 Å². The number of piperidine rings is 1. The minimum atomic E-state index is -3.00. The van der Waals surface area contributed by atoms with Crippen molar-refractivity contribution in [3.8, 4) is 0 Å². The van der Waals surface area contributed by atoms with Crippen LogP contribution in [0.4, 0.5) is 0 Å². The van der Waals surface area contributed by atoms with E-state index in [0.717, 1.165) is 32.1 Å². The van der Waals surface area contributed by atoms with Crippen LogP contribution >= 0.6 is 24.8 Å². The van der Waals surface area contributed by atoms with E-state index in [4.69, 9.17) is 5.73 Å². The lowest BCUT2D eigenvalue weighted by Gasteiger charge is -2.33. The van der Waals surface area contributed by atoms with Crippen LogP contribution < -0.4 is 5.73 Å². The van der Waals surface area contributed by atoms with Crippen LogP contribution in [-0.2, 0) is 10.0 Å². The van der Waals surface area contributed by atoms with Crippen LogP contribution in [0.3, 0.4) is 0 Å². The van der Waals surface area contributed by atoms with Gasteiger partial charge >= 0.3 is 0 Å². The van der Waals surface area contributed by atoms with E-state index in [1.807, 2.05) is 0 Å². The zero-order valence-electron chi connectivity index (χ0n) is 9.17. The van der Waals surface area contributed by atoms with Crippen molar-refractivity contribution in [2.75, 3.05) is 13.1 Å². The van der Waals surface area contributed by atoms with Gasteiger partial charge in [-0.15, -0.1) is 24.8 Å². The van der Waals surface area contributed by atoms with E-state index in [2.05, 4.69) is 0 Å². The molecule has 1 atom stereocenters. The minimum absolute atomic E-state index is 0. The summed E-state index contributed by atoms with van der Waals surface area (Å²) in [5.41, 5.74) is 5.60. The smallest absolute Gasteiger partial charge is 0.217 e. The Balaban J connectivity index is 0.00000112. The van der Waals surface area contributed by atoms with Crippen molar-refractivity contribution < 1.29 is 8.42 Å².